The second-order valence-electron chi connectivity index (χ2n) is 6.05. The molecule has 2 heterocycles. The van der Waals surface area contributed by atoms with Crippen LogP contribution in [-0.2, 0) is 20.9 Å². The Morgan fingerprint density at radius 2 is 1.83 bits per heavy atom. The Kier molecular flexibility index (Phi) is 4.27. The normalized spacial score (nSPS) is 19.1. The summed E-state index contributed by atoms with van der Waals surface area (Å²) in [5.41, 5.74) is 0.0623. The molecule has 1 saturated heterocycles. The quantitative estimate of drug-likeness (QED) is 0.601. The van der Waals surface area contributed by atoms with Crippen molar-refractivity contribution in [2.75, 3.05) is 26.2 Å². The summed E-state index contributed by atoms with van der Waals surface area (Å²) in [6, 6.07) is 3.67. The Morgan fingerprint density at radius 3 is 2.39 bits per heavy atom. The molecule has 7 heteroatoms. The van der Waals surface area contributed by atoms with E-state index in [9.17, 15) is 14.4 Å². The highest BCUT2D eigenvalue weighted by Gasteiger charge is 2.58. The van der Waals surface area contributed by atoms with Crippen molar-refractivity contribution in [2.45, 2.75) is 19.4 Å². The number of piperazine rings is 1. The highest BCUT2D eigenvalue weighted by Crippen LogP contribution is 2.47. The van der Waals surface area contributed by atoms with Gasteiger partial charge in [-0.1, -0.05) is 0 Å². The number of pyridine rings is 1. The predicted molar refractivity (Wildman–Crippen MR) is 82.0 cm³/mol. The van der Waals surface area contributed by atoms with Crippen LogP contribution < -0.4 is 5.32 Å². The first kappa shape index (κ1) is 15.5. The Morgan fingerprint density at radius 1 is 1.17 bits per heavy atom. The average molecular weight is 316 g/mol. The van der Waals surface area contributed by atoms with Crippen molar-refractivity contribution in [3.05, 3.63) is 30.1 Å². The lowest BCUT2D eigenvalue weighted by atomic mass is 10.0. The SMILES string of the molecule is O=CN1CCN(C(=O)C2(C(=O)NCc3ccncc3)CC2)CC1. The first-order chi connectivity index (χ1) is 11.2. The minimum Gasteiger partial charge on any atom is -0.351 e. The lowest BCUT2D eigenvalue weighted by Gasteiger charge is -2.34. The van der Waals surface area contributed by atoms with Gasteiger partial charge in [0, 0.05) is 45.1 Å². The zero-order chi connectivity index (χ0) is 16.3. The molecule has 23 heavy (non-hydrogen) atoms. The van der Waals surface area contributed by atoms with Gasteiger partial charge >= 0.3 is 0 Å². The van der Waals surface area contributed by atoms with E-state index in [0.717, 1.165) is 12.0 Å². The molecule has 0 unspecified atom stereocenters. The van der Waals surface area contributed by atoms with Gasteiger partial charge < -0.3 is 15.1 Å². The fraction of sp³-hybridized carbons (Fsp3) is 0.500. The van der Waals surface area contributed by atoms with Crippen LogP contribution in [0, 0.1) is 5.41 Å². The van der Waals surface area contributed by atoms with Crippen LogP contribution in [0.5, 0.6) is 0 Å². The molecule has 1 aromatic rings. The summed E-state index contributed by atoms with van der Waals surface area (Å²) in [7, 11) is 0. The van der Waals surface area contributed by atoms with E-state index in [4.69, 9.17) is 0 Å². The van der Waals surface area contributed by atoms with Crippen LogP contribution in [0.25, 0.3) is 0 Å². The number of carbonyl (C=O) groups excluding carboxylic acids is 3. The highest BCUT2D eigenvalue weighted by atomic mass is 16.2. The van der Waals surface area contributed by atoms with Crippen molar-refractivity contribution in [3.8, 4) is 0 Å². The molecule has 3 amide bonds. The minimum absolute atomic E-state index is 0.102. The number of hydrogen-bond donors (Lipinski definition) is 1. The van der Waals surface area contributed by atoms with Crippen LogP contribution in [0.3, 0.4) is 0 Å². The zero-order valence-electron chi connectivity index (χ0n) is 12.9. The van der Waals surface area contributed by atoms with Crippen LogP contribution in [0.2, 0.25) is 0 Å². The van der Waals surface area contributed by atoms with E-state index in [-0.39, 0.29) is 11.8 Å². The Bertz CT molecular complexity index is 593. The third-order valence-corrected chi connectivity index (χ3v) is 4.55. The summed E-state index contributed by atoms with van der Waals surface area (Å²) in [5, 5.41) is 2.86. The maximum Gasteiger partial charge on any atom is 0.238 e. The number of nitrogens with one attached hydrogen (secondary N) is 1. The van der Waals surface area contributed by atoms with Crippen LogP contribution in [-0.4, -0.2) is 59.2 Å². The molecule has 0 atom stereocenters. The third kappa shape index (κ3) is 3.18. The molecule has 0 aromatic carbocycles. The number of carbonyl (C=O) groups is 3. The first-order valence-electron chi connectivity index (χ1n) is 7.82. The van der Waals surface area contributed by atoms with Gasteiger partial charge in [0.2, 0.25) is 18.2 Å². The summed E-state index contributed by atoms with van der Waals surface area (Å²) in [4.78, 5) is 43.2. The summed E-state index contributed by atoms with van der Waals surface area (Å²) in [5.74, 6) is -0.299. The summed E-state index contributed by atoms with van der Waals surface area (Å²) in [6.45, 7) is 2.46. The number of aromatic nitrogens is 1. The number of hydrogen-bond acceptors (Lipinski definition) is 4. The Labute approximate surface area is 134 Å². The zero-order valence-corrected chi connectivity index (χ0v) is 12.9. The van der Waals surface area contributed by atoms with Crippen molar-refractivity contribution in [1.82, 2.24) is 20.1 Å². The fourth-order valence-electron chi connectivity index (χ4n) is 2.85. The van der Waals surface area contributed by atoms with Crippen LogP contribution in [0.4, 0.5) is 0 Å². The van der Waals surface area contributed by atoms with Gasteiger partial charge in [-0.15, -0.1) is 0 Å². The van der Waals surface area contributed by atoms with Gasteiger partial charge in [0.05, 0.1) is 0 Å². The predicted octanol–water partition coefficient (Wildman–Crippen LogP) is -0.221. The molecular weight excluding hydrogens is 296 g/mol. The number of nitrogens with zero attached hydrogens (tertiary/aromatic N) is 3. The monoisotopic (exact) mass is 316 g/mol. The second-order valence-corrected chi connectivity index (χ2v) is 6.05. The molecule has 122 valence electrons. The fourth-order valence-corrected chi connectivity index (χ4v) is 2.85. The lowest BCUT2D eigenvalue weighted by molar-refractivity contribution is -0.146. The van der Waals surface area contributed by atoms with E-state index in [1.54, 1.807) is 22.2 Å². The average Bonchev–Trinajstić information content (AvgIpc) is 3.42. The molecule has 2 aliphatic rings. The van der Waals surface area contributed by atoms with Gasteiger partial charge in [-0.05, 0) is 30.5 Å². The molecular formula is C16H20N4O3. The summed E-state index contributed by atoms with van der Waals surface area (Å²) >= 11 is 0. The van der Waals surface area contributed by atoms with E-state index >= 15 is 0 Å². The van der Waals surface area contributed by atoms with Crippen LogP contribution in [0.15, 0.2) is 24.5 Å². The standard InChI is InChI=1S/C16H20N4O3/c21-12-19-7-9-20(10-8-19)15(23)16(3-4-16)14(22)18-11-13-1-5-17-6-2-13/h1-2,5-6,12H,3-4,7-11H2,(H,18,22). The van der Waals surface area contributed by atoms with Crippen molar-refractivity contribution >= 4 is 18.2 Å². The first-order valence-corrected chi connectivity index (χ1v) is 7.82. The summed E-state index contributed by atoms with van der Waals surface area (Å²) in [6.07, 6.45) is 5.35. The molecule has 0 radical (unpaired) electrons. The third-order valence-electron chi connectivity index (χ3n) is 4.55. The number of rotatable bonds is 5. The maximum atomic E-state index is 12.7. The van der Waals surface area contributed by atoms with Gasteiger partial charge in [-0.3, -0.25) is 19.4 Å². The molecule has 0 bridgehead atoms. The molecule has 0 spiro atoms. The lowest BCUT2D eigenvalue weighted by Crippen LogP contribution is -2.52. The molecule has 1 aromatic heterocycles. The smallest absolute Gasteiger partial charge is 0.238 e. The maximum absolute atomic E-state index is 12.7. The summed E-state index contributed by atoms with van der Waals surface area (Å²) < 4.78 is 0. The van der Waals surface area contributed by atoms with Gasteiger partial charge in [0.25, 0.3) is 0 Å². The Hall–Kier alpha value is -2.44. The molecule has 1 aliphatic carbocycles. The van der Waals surface area contributed by atoms with Gasteiger partial charge in [0.1, 0.15) is 5.41 Å². The molecule has 2 fully saturated rings. The molecule has 1 aliphatic heterocycles. The van der Waals surface area contributed by atoms with E-state index in [1.165, 1.54) is 0 Å². The van der Waals surface area contributed by atoms with Crippen molar-refractivity contribution in [3.63, 3.8) is 0 Å². The number of amides is 3. The Balaban J connectivity index is 1.57. The van der Waals surface area contributed by atoms with E-state index in [2.05, 4.69) is 10.3 Å². The van der Waals surface area contributed by atoms with Crippen LogP contribution >= 0.6 is 0 Å². The largest absolute Gasteiger partial charge is 0.351 e. The van der Waals surface area contributed by atoms with E-state index in [0.29, 0.717) is 45.6 Å². The molecule has 1 N–H and O–H groups in total. The van der Waals surface area contributed by atoms with Gasteiger partial charge in [-0.25, -0.2) is 0 Å². The van der Waals surface area contributed by atoms with Gasteiger partial charge in [-0.2, -0.15) is 0 Å². The molecule has 1 saturated carbocycles. The van der Waals surface area contributed by atoms with E-state index < -0.39 is 5.41 Å². The van der Waals surface area contributed by atoms with Gasteiger partial charge in [0.15, 0.2) is 0 Å². The van der Waals surface area contributed by atoms with Crippen molar-refractivity contribution < 1.29 is 14.4 Å². The minimum atomic E-state index is -0.892. The van der Waals surface area contributed by atoms with Crippen molar-refractivity contribution in [2.24, 2.45) is 5.41 Å². The highest BCUT2D eigenvalue weighted by molar-refractivity contribution is 6.07. The molecule has 3 rings (SSSR count). The topological polar surface area (TPSA) is 82.6 Å². The second kappa shape index (κ2) is 6.36. The molecule has 7 nitrogen and oxygen atoms in total. The van der Waals surface area contributed by atoms with Crippen molar-refractivity contribution in [1.29, 1.82) is 0 Å². The van der Waals surface area contributed by atoms with Crippen LogP contribution in [0.1, 0.15) is 18.4 Å². The van der Waals surface area contributed by atoms with E-state index in [1.807, 2.05) is 12.1 Å².